The first kappa shape index (κ1) is 15.5. The molecule has 3 heteroatoms. The summed E-state index contributed by atoms with van der Waals surface area (Å²) in [5.41, 5.74) is 0.969. The number of fused-ring (bicyclic) bond motifs is 5. The second kappa shape index (κ2) is 4.77. The van der Waals surface area contributed by atoms with Crippen LogP contribution >= 0.6 is 0 Å². The minimum atomic E-state index is -1.25. The summed E-state index contributed by atoms with van der Waals surface area (Å²) in [6, 6.07) is 0. The number of carbonyl (C=O) groups is 2. The van der Waals surface area contributed by atoms with Gasteiger partial charge in [0.05, 0.1) is 0 Å². The lowest BCUT2D eigenvalue weighted by Gasteiger charge is -2.58. The molecule has 7 unspecified atom stereocenters. The molecule has 0 amide bonds. The number of allylic oxidation sites excluding steroid dienone is 1. The van der Waals surface area contributed by atoms with Crippen LogP contribution in [-0.2, 0) is 9.59 Å². The molecule has 3 fully saturated rings. The van der Waals surface area contributed by atoms with Gasteiger partial charge >= 0.3 is 0 Å². The Morgan fingerprint density at radius 3 is 2.57 bits per heavy atom. The van der Waals surface area contributed by atoms with Gasteiger partial charge in [0.15, 0.2) is 17.7 Å². The van der Waals surface area contributed by atoms with Crippen molar-refractivity contribution < 1.29 is 14.0 Å². The molecule has 4 aliphatic rings. The van der Waals surface area contributed by atoms with Crippen LogP contribution in [0.15, 0.2) is 11.6 Å². The van der Waals surface area contributed by atoms with Gasteiger partial charge in [-0.05, 0) is 67.3 Å². The summed E-state index contributed by atoms with van der Waals surface area (Å²) in [5, 5.41) is 0. The molecule has 0 aromatic rings. The Kier molecular flexibility index (Phi) is 3.22. The van der Waals surface area contributed by atoms with E-state index < -0.39 is 11.6 Å². The molecule has 0 aromatic heterocycles. The minimum Gasteiger partial charge on any atom is -0.296 e. The highest BCUT2D eigenvalue weighted by Gasteiger charge is 2.62. The predicted octanol–water partition coefficient (Wildman–Crippen LogP) is 4.28. The van der Waals surface area contributed by atoms with E-state index in [0.29, 0.717) is 30.6 Å². The van der Waals surface area contributed by atoms with Crippen LogP contribution in [0.1, 0.15) is 59.3 Å². The van der Waals surface area contributed by atoms with Crippen LogP contribution in [0, 0.1) is 34.5 Å². The average Bonchev–Trinajstić information content (AvgIpc) is 2.73. The first-order chi connectivity index (χ1) is 10.8. The number of halogens is 1. The summed E-state index contributed by atoms with van der Waals surface area (Å²) in [6.45, 7) is 6.55. The number of alkyl halides is 1. The fourth-order valence-electron chi connectivity index (χ4n) is 6.73. The maximum atomic E-state index is 14.2. The SMILES string of the molecule is CC1CC2C3CC(F)C(=O)C3(C)CCC2C2(C)CCC(=O)C=C12. The van der Waals surface area contributed by atoms with E-state index >= 15 is 0 Å². The fourth-order valence-corrected chi connectivity index (χ4v) is 6.73. The summed E-state index contributed by atoms with van der Waals surface area (Å²) in [7, 11) is 0. The van der Waals surface area contributed by atoms with E-state index in [1.807, 2.05) is 13.0 Å². The van der Waals surface area contributed by atoms with Crippen molar-refractivity contribution in [3.63, 3.8) is 0 Å². The van der Waals surface area contributed by atoms with E-state index in [0.717, 1.165) is 25.7 Å². The molecule has 0 radical (unpaired) electrons. The van der Waals surface area contributed by atoms with E-state index in [-0.39, 0.29) is 22.9 Å². The molecule has 0 bridgehead atoms. The highest BCUT2D eigenvalue weighted by atomic mass is 19.1. The third-order valence-electron chi connectivity index (χ3n) is 7.98. The molecule has 7 atom stereocenters. The summed E-state index contributed by atoms with van der Waals surface area (Å²) in [5.74, 6) is 1.64. The lowest BCUT2D eigenvalue weighted by molar-refractivity contribution is -0.135. The predicted molar refractivity (Wildman–Crippen MR) is 86.5 cm³/mol. The van der Waals surface area contributed by atoms with Gasteiger partial charge in [0.2, 0.25) is 0 Å². The summed E-state index contributed by atoms with van der Waals surface area (Å²) in [4.78, 5) is 24.3. The fraction of sp³-hybridized carbons (Fsp3) is 0.800. The Morgan fingerprint density at radius 1 is 1.09 bits per heavy atom. The monoisotopic (exact) mass is 318 g/mol. The highest BCUT2D eigenvalue weighted by Crippen LogP contribution is 2.65. The zero-order chi connectivity index (χ0) is 16.6. The Morgan fingerprint density at radius 2 is 1.83 bits per heavy atom. The van der Waals surface area contributed by atoms with E-state index in [9.17, 15) is 14.0 Å². The third-order valence-corrected chi connectivity index (χ3v) is 7.98. The Labute approximate surface area is 137 Å². The van der Waals surface area contributed by atoms with Crippen LogP contribution < -0.4 is 0 Å². The Balaban J connectivity index is 1.74. The zero-order valence-corrected chi connectivity index (χ0v) is 14.4. The van der Waals surface area contributed by atoms with Gasteiger partial charge in [-0.25, -0.2) is 4.39 Å². The summed E-state index contributed by atoms with van der Waals surface area (Å²) >= 11 is 0. The van der Waals surface area contributed by atoms with Gasteiger partial charge in [0.1, 0.15) is 0 Å². The lowest BCUT2D eigenvalue weighted by atomic mass is 9.46. The number of hydrogen-bond acceptors (Lipinski definition) is 2. The van der Waals surface area contributed by atoms with Crippen LogP contribution in [0.4, 0.5) is 4.39 Å². The molecule has 0 N–H and O–H groups in total. The number of hydrogen-bond donors (Lipinski definition) is 0. The van der Waals surface area contributed by atoms with Crippen molar-refractivity contribution in [2.45, 2.75) is 65.5 Å². The number of carbonyl (C=O) groups excluding carboxylic acids is 2. The van der Waals surface area contributed by atoms with E-state index in [1.165, 1.54) is 5.57 Å². The summed E-state index contributed by atoms with van der Waals surface area (Å²) in [6.07, 6.45) is 5.50. The Hall–Kier alpha value is -0.990. The maximum Gasteiger partial charge on any atom is 0.173 e. The van der Waals surface area contributed by atoms with Gasteiger partial charge in [0, 0.05) is 11.8 Å². The van der Waals surface area contributed by atoms with E-state index in [4.69, 9.17) is 0 Å². The van der Waals surface area contributed by atoms with Crippen molar-refractivity contribution in [1.29, 1.82) is 0 Å². The van der Waals surface area contributed by atoms with Crippen molar-refractivity contribution in [1.82, 2.24) is 0 Å². The smallest absolute Gasteiger partial charge is 0.173 e. The Bertz CT molecular complexity index is 609. The van der Waals surface area contributed by atoms with E-state index in [2.05, 4.69) is 13.8 Å². The quantitative estimate of drug-likeness (QED) is 0.668. The number of Topliss-reactive ketones (excluding diaryl/α,β-unsaturated/α-hetero) is 1. The highest BCUT2D eigenvalue weighted by molar-refractivity contribution is 5.92. The number of rotatable bonds is 0. The zero-order valence-electron chi connectivity index (χ0n) is 14.4. The van der Waals surface area contributed by atoms with Crippen molar-refractivity contribution >= 4 is 11.6 Å². The van der Waals surface area contributed by atoms with Crippen LogP contribution in [0.25, 0.3) is 0 Å². The van der Waals surface area contributed by atoms with Gasteiger partial charge in [-0.1, -0.05) is 26.3 Å². The largest absolute Gasteiger partial charge is 0.296 e. The van der Waals surface area contributed by atoms with Crippen LogP contribution in [0.2, 0.25) is 0 Å². The summed E-state index contributed by atoms with van der Waals surface area (Å²) < 4.78 is 14.2. The second-order valence-corrected chi connectivity index (χ2v) is 9.02. The molecule has 2 nitrogen and oxygen atoms in total. The molecule has 0 aromatic carbocycles. The van der Waals surface area contributed by atoms with Gasteiger partial charge < -0.3 is 0 Å². The van der Waals surface area contributed by atoms with Crippen molar-refractivity contribution in [3.8, 4) is 0 Å². The molecule has 23 heavy (non-hydrogen) atoms. The van der Waals surface area contributed by atoms with Gasteiger partial charge in [-0.15, -0.1) is 0 Å². The molecule has 4 aliphatic carbocycles. The standard InChI is InChI=1S/C20H27FO2/c1-11-8-13-14(19(2)6-4-12(22)9-15(11)19)5-7-20(3)16(13)10-17(21)18(20)23/h9,11,13-14,16-17H,4-8,10H2,1-3H3. The van der Waals surface area contributed by atoms with Crippen LogP contribution in [-0.4, -0.2) is 17.7 Å². The van der Waals surface area contributed by atoms with E-state index in [1.54, 1.807) is 0 Å². The van der Waals surface area contributed by atoms with Crippen molar-refractivity contribution in [2.24, 2.45) is 34.5 Å². The van der Waals surface area contributed by atoms with Crippen LogP contribution in [0.3, 0.4) is 0 Å². The normalized spacial score (nSPS) is 52.5. The first-order valence-electron chi connectivity index (χ1n) is 9.20. The molecule has 0 heterocycles. The molecule has 3 saturated carbocycles. The maximum absolute atomic E-state index is 14.2. The van der Waals surface area contributed by atoms with Crippen molar-refractivity contribution in [2.75, 3.05) is 0 Å². The van der Waals surface area contributed by atoms with Gasteiger partial charge in [-0.2, -0.15) is 0 Å². The van der Waals surface area contributed by atoms with Gasteiger partial charge in [-0.3, -0.25) is 9.59 Å². The molecule has 0 spiro atoms. The molecule has 4 rings (SSSR count). The van der Waals surface area contributed by atoms with Crippen molar-refractivity contribution in [3.05, 3.63) is 11.6 Å². The molecule has 0 aliphatic heterocycles. The molecule has 126 valence electrons. The average molecular weight is 318 g/mol. The third kappa shape index (κ3) is 1.91. The first-order valence-corrected chi connectivity index (χ1v) is 9.20. The molecular formula is C20H27FO2. The van der Waals surface area contributed by atoms with Crippen LogP contribution in [0.5, 0.6) is 0 Å². The molecular weight excluding hydrogens is 291 g/mol. The topological polar surface area (TPSA) is 34.1 Å². The minimum absolute atomic E-state index is 0.0784. The number of ketones is 2. The molecule has 0 saturated heterocycles. The van der Waals surface area contributed by atoms with Gasteiger partial charge in [0.25, 0.3) is 0 Å². The lowest BCUT2D eigenvalue weighted by Crippen LogP contribution is -2.52. The second-order valence-electron chi connectivity index (χ2n) is 9.02.